The van der Waals surface area contributed by atoms with E-state index in [0.29, 0.717) is 24.7 Å². The fourth-order valence-electron chi connectivity index (χ4n) is 3.61. The molecule has 0 aromatic heterocycles. The molecule has 0 aliphatic carbocycles. The lowest BCUT2D eigenvalue weighted by Crippen LogP contribution is -2.43. The maximum atomic E-state index is 12.7. The first-order valence-electron chi connectivity index (χ1n) is 10.3. The van der Waals surface area contributed by atoms with Gasteiger partial charge in [-0.25, -0.2) is 4.79 Å². The second-order valence-electron chi connectivity index (χ2n) is 7.50. The lowest BCUT2D eigenvalue weighted by Gasteiger charge is -2.34. The number of carbonyl (C=O) groups is 2. The van der Waals surface area contributed by atoms with Crippen molar-refractivity contribution < 1.29 is 14.3 Å². The molecule has 0 unspecified atom stereocenters. The zero-order valence-electron chi connectivity index (χ0n) is 17.4. The molecule has 1 saturated heterocycles. The van der Waals surface area contributed by atoms with Crippen LogP contribution in [0.3, 0.4) is 0 Å². The summed E-state index contributed by atoms with van der Waals surface area (Å²) in [6, 6.07) is 14.3. The molecule has 2 aromatic rings. The normalized spacial score (nSPS) is 15.4. The summed E-state index contributed by atoms with van der Waals surface area (Å²) in [5, 5.41) is 6.50. The molecule has 1 atom stereocenters. The minimum absolute atomic E-state index is 0.00299. The van der Waals surface area contributed by atoms with Crippen LogP contribution in [0, 0.1) is 11.8 Å². The van der Waals surface area contributed by atoms with Crippen LogP contribution in [0.2, 0.25) is 5.02 Å². The molecular weight excluding hydrogens is 402 g/mol. The average Bonchev–Trinajstić information content (AvgIpc) is 2.76. The molecule has 1 aliphatic rings. The van der Waals surface area contributed by atoms with Crippen molar-refractivity contribution in [2.75, 3.05) is 30.3 Å². The minimum Gasteiger partial charge on any atom is -0.494 e. The van der Waals surface area contributed by atoms with Crippen LogP contribution in [0.15, 0.2) is 48.5 Å². The van der Waals surface area contributed by atoms with Gasteiger partial charge in [0.05, 0.1) is 6.61 Å². The number of nitrogens with one attached hydrogen (secondary N) is 2. The highest BCUT2D eigenvalue weighted by Gasteiger charge is 2.30. The minimum atomic E-state index is -0.127. The molecule has 160 valence electrons. The lowest BCUT2D eigenvalue weighted by atomic mass is 9.85. The summed E-state index contributed by atoms with van der Waals surface area (Å²) in [5.74, 6) is 0.904. The number of ether oxygens (including phenoxy) is 1. The van der Waals surface area contributed by atoms with E-state index in [0.717, 1.165) is 30.0 Å². The van der Waals surface area contributed by atoms with Gasteiger partial charge in [-0.15, -0.1) is 0 Å². The molecule has 30 heavy (non-hydrogen) atoms. The molecule has 3 rings (SSSR count). The van der Waals surface area contributed by atoms with Crippen molar-refractivity contribution in [2.45, 2.75) is 26.7 Å². The van der Waals surface area contributed by atoms with Gasteiger partial charge >= 0.3 is 6.03 Å². The quantitative estimate of drug-likeness (QED) is 0.658. The number of halogens is 1. The summed E-state index contributed by atoms with van der Waals surface area (Å²) in [6.45, 7) is 5.76. The molecular formula is C23H28ClN3O3. The lowest BCUT2D eigenvalue weighted by molar-refractivity contribution is -0.121. The Morgan fingerprint density at radius 3 is 2.20 bits per heavy atom. The Labute approximate surface area is 182 Å². The van der Waals surface area contributed by atoms with E-state index < -0.39 is 0 Å². The predicted octanol–water partition coefficient (Wildman–Crippen LogP) is 5.26. The summed E-state index contributed by atoms with van der Waals surface area (Å²) >= 11 is 5.88. The monoisotopic (exact) mass is 429 g/mol. The van der Waals surface area contributed by atoms with Crippen LogP contribution in [0.1, 0.15) is 26.7 Å². The number of anilines is 2. The Morgan fingerprint density at radius 1 is 1.03 bits per heavy atom. The Kier molecular flexibility index (Phi) is 7.57. The molecule has 0 radical (unpaired) electrons. The molecule has 0 spiro atoms. The number of rotatable bonds is 6. The zero-order valence-corrected chi connectivity index (χ0v) is 18.1. The van der Waals surface area contributed by atoms with Crippen LogP contribution < -0.4 is 15.4 Å². The Morgan fingerprint density at radius 2 is 1.60 bits per heavy atom. The van der Waals surface area contributed by atoms with Gasteiger partial charge in [-0.1, -0.05) is 18.5 Å². The molecule has 7 heteroatoms. The smallest absolute Gasteiger partial charge is 0.321 e. The van der Waals surface area contributed by atoms with Crippen LogP contribution in [0.5, 0.6) is 5.75 Å². The third-order valence-corrected chi connectivity index (χ3v) is 5.73. The van der Waals surface area contributed by atoms with Crippen LogP contribution in [0.25, 0.3) is 0 Å². The third-order valence-electron chi connectivity index (χ3n) is 5.48. The third kappa shape index (κ3) is 5.89. The van der Waals surface area contributed by atoms with Gasteiger partial charge in [-0.3, -0.25) is 4.79 Å². The number of piperidine rings is 1. The fraction of sp³-hybridized carbons (Fsp3) is 0.391. The Bertz CT molecular complexity index is 847. The SMILES string of the molecule is CCOc1ccc(NC(=O)[C@H](C)C2CCN(C(=O)Nc3ccc(Cl)cc3)CC2)cc1. The van der Waals surface area contributed by atoms with E-state index in [2.05, 4.69) is 10.6 Å². The topological polar surface area (TPSA) is 70.7 Å². The van der Waals surface area contributed by atoms with Crippen molar-refractivity contribution in [3.63, 3.8) is 0 Å². The van der Waals surface area contributed by atoms with E-state index in [1.54, 1.807) is 29.2 Å². The predicted molar refractivity (Wildman–Crippen MR) is 120 cm³/mol. The Hall–Kier alpha value is -2.73. The highest BCUT2D eigenvalue weighted by molar-refractivity contribution is 6.30. The average molecular weight is 430 g/mol. The number of likely N-dealkylation sites (tertiary alicyclic amines) is 1. The van der Waals surface area contributed by atoms with Crippen molar-refractivity contribution in [2.24, 2.45) is 11.8 Å². The van der Waals surface area contributed by atoms with Crippen molar-refractivity contribution in [1.29, 1.82) is 0 Å². The van der Waals surface area contributed by atoms with Crippen LogP contribution in [-0.4, -0.2) is 36.5 Å². The van der Waals surface area contributed by atoms with E-state index >= 15 is 0 Å². The number of urea groups is 1. The van der Waals surface area contributed by atoms with Crippen LogP contribution in [0.4, 0.5) is 16.2 Å². The molecule has 2 aromatic carbocycles. The zero-order chi connectivity index (χ0) is 21.5. The molecule has 0 bridgehead atoms. The number of benzene rings is 2. The first-order valence-corrected chi connectivity index (χ1v) is 10.7. The standard InChI is InChI=1S/C23H28ClN3O3/c1-3-30-21-10-8-19(9-11-21)25-22(28)16(2)17-12-14-27(15-13-17)23(29)26-20-6-4-18(24)5-7-20/h4-11,16-17H,3,12-15H2,1-2H3,(H,25,28)(H,26,29)/t16-/m1/s1. The van der Waals surface area contributed by atoms with E-state index in [4.69, 9.17) is 16.3 Å². The summed E-state index contributed by atoms with van der Waals surface area (Å²) in [5.41, 5.74) is 1.48. The maximum Gasteiger partial charge on any atom is 0.321 e. The van der Waals surface area contributed by atoms with E-state index in [9.17, 15) is 9.59 Å². The van der Waals surface area contributed by atoms with E-state index in [1.165, 1.54) is 0 Å². The van der Waals surface area contributed by atoms with Gasteiger partial charge < -0.3 is 20.3 Å². The number of hydrogen-bond donors (Lipinski definition) is 2. The molecule has 0 saturated carbocycles. The summed E-state index contributed by atoms with van der Waals surface area (Å²) in [7, 11) is 0. The highest BCUT2D eigenvalue weighted by Crippen LogP contribution is 2.27. The number of nitrogens with zero attached hydrogens (tertiary/aromatic N) is 1. The Balaban J connectivity index is 1.46. The number of carbonyl (C=O) groups excluding carboxylic acids is 2. The van der Waals surface area contributed by atoms with Crippen molar-refractivity contribution in [3.05, 3.63) is 53.6 Å². The van der Waals surface area contributed by atoms with Gasteiger partial charge in [0.25, 0.3) is 0 Å². The van der Waals surface area contributed by atoms with Gasteiger partial charge in [0, 0.05) is 35.4 Å². The first-order chi connectivity index (χ1) is 14.5. The van der Waals surface area contributed by atoms with Crippen molar-refractivity contribution >= 4 is 34.9 Å². The van der Waals surface area contributed by atoms with Gasteiger partial charge in [0.1, 0.15) is 5.75 Å². The van der Waals surface area contributed by atoms with Crippen LogP contribution >= 0.6 is 11.6 Å². The fourth-order valence-corrected chi connectivity index (χ4v) is 3.74. The first kappa shape index (κ1) is 22.0. The molecule has 2 N–H and O–H groups in total. The van der Waals surface area contributed by atoms with Gasteiger partial charge in [-0.05, 0) is 74.2 Å². The molecule has 1 heterocycles. The van der Waals surface area contributed by atoms with Gasteiger partial charge in [-0.2, -0.15) is 0 Å². The molecule has 1 fully saturated rings. The van der Waals surface area contributed by atoms with Gasteiger partial charge in [0.15, 0.2) is 0 Å². The summed E-state index contributed by atoms with van der Waals surface area (Å²) in [6.07, 6.45) is 1.60. The number of amides is 3. The molecule has 1 aliphatic heterocycles. The highest BCUT2D eigenvalue weighted by atomic mass is 35.5. The summed E-state index contributed by atoms with van der Waals surface area (Å²) < 4.78 is 5.42. The largest absolute Gasteiger partial charge is 0.494 e. The van der Waals surface area contributed by atoms with Crippen molar-refractivity contribution in [3.8, 4) is 5.75 Å². The summed E-state index contributed by atoms with van der Waals surface area (Å²) in [4.78, 5) is 26.9. The maximum absolute atomic E-state index is 12.7. The second kappa shape index (κ2) is 10.3. The van der Waals surface area contributed by atoms with Crippen molar-refractivity contribution in [1.82, 2.24) is 4.90 Å². The van der Waals surface area contributed by atoms with E-state index in [-0.39, 0.29) is 23.8 Å². The second-order valence-corrected chi connectivity index (χ2v) is 7.93. The van der Waals surface area contributed by atoms with Gasteiger partial charge in [0.2, 0.25) is 5.91 Å². The molecule has 6 nitrogen and oxygen atoms in total. The van der Waals surface area contributed by atoms with Crippen LogP contribution in [-0.2, 0) is 4.79 Å². The number of hydrogen-bond acceptors (Lipinski definition) is 3. The van der Waals surface area contributed by atoms with E-state index in [1.807, 2.05) is 38.1 Å². The molecule has 3 amide bonds.